The Morgan fingerprint density at radius 1 is 0.971 bits per heavy atom. The van der Waals surface area contributed by atoms with Crippen LogP contribution in [0.2, 0.25) is 0 Å². The molecule has 186 valence electrons. The summed E-state index contributed by atoms with van der Waals surface area (Å²) in [4.78, 5) is 15.3. The molecule has 1 aliphatic rings. The summed E-state index contributed by atoms with van der Waals surface area (Å²) >= 11 is 0. The van der Waals surface area contributed by atoms with E-state index < -0.39 is 0 Å². The molecule has 0 aliphatic carbocycles. The van der Waals surface area contributed by atoms with E-state index in [-0.39, 0.29) is 11.4 Å². The third kappa shape index (κ3) is 6.06. The predicted molar refractivity (Wildman–Crippen MR) is 144 cm³/mol. The topological polar surface area (TPSA) is 62.8 Å². The molecule has 6 heteroatoms. The number of fused-ring (bicyclic) bond motifs is 1. The molecule has 0 spiro atoms. The highest BCUT2D eigenvalue weighted by Gasteiger charge is 2.20. The minimum Gasteiger partial charge on any atom is -0.493 e. The number of ether oxygens (including phenoxy) is 2. The molecule has 0 saturated carbocycles. The Balaban J connectivity index is 1.52. The highest BCUT2D eigenvalue weighted by molar-refractivity contribution is 6.07. The van der Waals surface area contributed by atoms with E-state index in [4.69, 9.17) is 9.47 Å². The van der Waals surface area contributed by atoms with E-state index in [1.807, 2.05) is 54.6 Å². The molecule has 0 bridgehead atoms. The lowest BCUT2D eigenvalue weighted by atomic mass is 9.86. The Morgan fingerprint density at radius 2 is 1.66 bits per heavy atom. The zero-order chi connectivity index (χ0) is 25.0. The molecule has 1 fully saturated rings. The summed E-state index contributed by atoms with van der Waals surface area (Å²) in [6.07, 6.45) is 2.29. The Morgan fingerprint density at radius 3 is 2.37 bits per heavy atom. The Bertz CT molecular complexity index is 1180. The lowest BCUT2D eigenvalue weighted by Crippen LogP contribution is -2.32. The Labute approximate surface area is 208 Å². The lowest BCUT2D eigenvalue weighted by molar-refractivity contribution is 0.157. The van der Waals surface area contributed by atoms with Crippen LogP contribution in [0.5, 0.6) is 11.5 Å². The van der Waals surface area contributed by atoms with E-state index in [1.165, 1.54) is 0 Å². The maximum absolute atomic E-state index is 12.9. The summed E-state index contributed by atoms with van der Waals surface area (Å²) in [6, 6.07) is 17.4. The molecule has 0 atom stereocenters. The van der Waals surface area contributed by atoms with Crippen LogP contribution in [0.4, 0.5) is 16.2 Å². The summed E-state index contributed by atoms with van der Waals surface area (Å²) < 4.78 is 11.9. The van der Waals surface area contributed by atoms with E-state index in [0.29, 0.717) is 24.0 Å². The monoisotopic (exact) mass is 475 g/mol. The van der Waals surface area contributed by atoms with Crippen LogP contribution >= 0.6 is 0 Å². The zero-order valence-corrected chi connectivity index (χ0v) is 21.5. The zero-order valence-electron chi connectivity index (χ0n) is 21.5. The van der Waals surface area contributed by atoms with Crippen LogP contribution in [0, 0.1) is 5.92 Å². The number of amides is 2. The fourth-order valence-corrected chi connectivity index (χ4v) is 4.62. The van der Waals surface area contributed by atoms with Gasteiger partial charge in [0.15, 0.2) is 11.5 Å². The number of rotatable bonds is 6. The third-order valence-electron chi connectivity index (χ3n) is 6.71. The second-order valence-electron chi connectivity index (χ2n) is 10.5. The molecule has 0 radical (unpaired) electrons. The average molecular weight is 476 g/mol. The number of likely N-dealkylation sites (tertiary alicyclic amines) is 1. The van der Waals surface area contributed by atoms with Gasteiger partial charge in [-0.1, -0.05) is 51.1 Å². The van der Waals surface area contributed by atoms with E-state index in [1.54, 1.807) is 7.11 Å². The molecule has 3 aromatic rings. The molecule has 4 rings (SSSR count). The number of carbonyl (C=O) groups excluding carboxylic acids is 1. The highest BCUT2D eigenvalue weighted by Crippen LogP contribution is 2.36. The van der Waals surface area contributed by atoms with Gasteiger partial charge in [-0.3, -0.25) is 0 Å². The molecular formula is C29H37N3O3. The first kappa shape index (κ1) is 24.9. The van der Waals surface area contributed by atoms with Crippen molar-refractivity contribution in [2.24, 2.45) is 5.92 Å². The second-order valence-corrected chi connectivity index (χ2v) is 10.5. The van der Waals surface area contributed by atoms with Crippen molar-refractivity contribution < 1.29 is 14.3 Å². The fraction of sp³-hybridized carbons (Fsp3) is 0.414. The number of urea groups is 1. The maximum atomic E-state index is 12.9. The molecule has 35 heavy (non-hydrogen) atoms. The Hall–Kier alpha value is -3.25. The standard InChI is InChI=1S/C29H37N3O3/c1-29(2,3)23-10-6-7-11-25(23)31-28(33)30-24-12-8-9-21-17-27(26(34-5)18-22(21)24)35-19-20-13-15-32(4)16-14-20/h6-12,17-18,20H,13-16,19H2,1-5H3,(H2,30,31,33). The quantitative estimate of drug-likeness (QED) is 0.427. The van der Waals surface area contributed by atoms with Crippen molar-refractivity contribution in [3.8, 4) is 11.5 Å². The summed E-state index contributed by atoms with van der Waals surface area (Å²) in [5.74, 6) is 1.96. The highest BCUT2D eigenvalue weighted by atomic mass is 16.5. The van der Waals surface area contributed by atoms with Gasteiger partial charge in [-0.25, -0.2) is 4.79 Å². The second kappa shape index (κ2) is 10.6. The molecule has 2 amide bonds. The van der Waals surface area contributed by atoms with Gasteiger partial charge >= 0.3 is 6.03 Å². The molecular weight excluding hydrogens is 438 g/mol. The number of benzene rings is 3. The van der Waals surface area contributed by atoms with Crippen molar-refractivity contribution in [2.45, 2.75) is 39.0 Å². The van der Waals surface area contributed by atoms with E-state index >= 15 is 0 Å². The molecule has 0 unspecified atom stereocenters. The molecule has 2 N–H and O–H groups in total. The van der Waals surface area contributed by atoms with Gasteiger partial charge in [0.05, 0.1) is 19.4 Å². The maximum Gasteiger partial charge on any atom is 0.323 e. The molecule has 1 aliphatic heterocycles. The van der Waals surface area contributed by atoms with Crippen LogP contribution in [0.25, 0.3) is 10.8 Å². The first-order valence-corrected chi connectivity index (χ1v) is 12.3. The number of piperidine rings is 1. The van der Waals surface area contributed by atoms with Gasteiger partial charge in [0.25, 0.3) is 0 Å². The van der Waals surface area contributed by atoms with E-state index in [2.05, 4.69) is 43.4 Å². The summed E-state index contributed by atoms with van der Waals surface area (Å²) in [6.45, 7) is 9.31. The predicted octanol–water partition coefficient (Wildman–Crippen LogP) is 6.51. The summed E-state index contributed by atoms with van der Waals surface area (Å²) in [7, 11) is 3.81. The van der Waals surface area contributed by atoms with Gasteiger partial charge in [0.2, 0.25) is 0 Å². The van der Waals surface area contributed by atoms with Crippen molar-refractivity contribution in [1.82, 2.24) is 4.90 Å². The van der Waals surface area contributed by atoms with Crippen LogP contribution in [0.1, 0.15) is 39.2 Å². The number of hydrogen-bond donors (Lipinski definition) is 2. The van der Waals surface area contributed by atoms with Gasteiger partial charge in [-0.05, 0) is 79.5 Å². The van der Waals surface area contributed by atoms with Gasteiger partial charge in [-0.15, -0.1) is 0 Å². The van der Waals surface area contributed by atoms with Crippen molar-refractivity contribution in [3.63, 3.8) is 0 Å². The average Bonchev–Trinajstić information content (AvgIpc) is 2.83. The van der Waals surface area contributed by atoms with Crippen molar-refractivity contribution >= 4 is 28.2 Å². The van der Waals surface area contributed by atoms with Gasteiger partial charge in [0, 0.05) is 11.1 Å². The SMILES string of the molecule is COc1cc2c(NC(=O)Nc3ccccc3C(C)(C)C)cccc2cc1OCC1CCN(C)CC1. The Kier molecular flexibility index (Phi) is 7.51. The van der Waals surface area contributed by atoms with Crippen LogP contribution < -0.4 is 20.1 Å². The van der Waals surface area contributed by atoms with E-state index in [0.717, 1.165) is 53.7 Å². The number of para-hydroxylation sites is 1. The summed E-state index contributed by atoms with van der Waals surface area (Å²) in [5, 5.41) is 7.92. The number of nitrogens with one attached hydrogen (secondary N) is 2. The lowest BCUT2D eigenvalue weighted by Gasteiger charge is -2.29. The van der Waals surface area contributed by atoms with Crippen LogP contribution in [-0.4, -0.2) is 44.8 Å². The fourth-order valence-electron chi connectivity index (χ4n) is 4.62. The van der Waals surface area contributed by atoms with Gasteiger partial charge in [-0.2, -0.15) is 0 Å². The van der Waals surface area contributed by atoms with Crippen LogP contribution in [-0.2, 0) is 5.41 Å². The molecule has 3 aromatic carbocycles. The normalized spacial score (nSPS) is 15.1. The van der Waals surface area contributed by atoms with Gasteiger partial charge in [0.1, 0.15) is 0 Å². The summed E-state index contributed by atoms with van der Waals surface area (Å²) in [5.41, 5.74) is 2.52. The minimum absolute atomic E-state index is 0.0827. The van der Waals surface area contributed by atoms with Gasteiger partial charge < -0.3 is 25.0 Å². The largest absolute Gasteiger partial charge is 0.493 e. The van der Waals surface area contributed by atoms with Crippen molar-refractivity contribution in [3.05, 3.63) is 60.2 Å². The molecule has 1 saturated heterocycles. The first-order chi connectivity index (χ1) is 16.7. The molecule has 6 nitrogen and oxygen atoms in total. The number of nitrogens with zero attached hydrogens (tertiary/aromatic N) is 1. The molecule has 1 heterocycles. The van der Waals surface area contributed by atoms with Crippen LogP contribution in [0.15, 0.2) is 54.6 Å². The number of hydrogen-bond acceptors (Lipinski definition) is 4. The number of anilines is 2. The van der Waals surface area contributed by atoms with Crippen LogP contribution in [0.3, 0.4) is 0 Å². The number of carbonyl (C=O) groups is 1. The molecule has 0 aromatic heterocycles. The minimum atomic E-state index is -0.282. The smallest absolute Gasteiger partial charge is 0.323 e. The third-order valence-corrected chi connectivity index (χ3v) is 6.71. The van der Waals surface area contributed by atoms with Crippen molar-refractivity contribution in [2.75, 3.05) is 44.5 Å². The van der Waals surface area contributed by atoms with E-state index in [9.17, 15) is 4.79 Å². The van der Waals surface area contributed by atoms with Crippen molar-refractivity contribution in [1.29, 1.82) is 0 Å². The first-order valence-electron chi connectivity index (χ1n) is 12.3. The number of methoxy groups -OCH3 is 1.